The lowest BCUT2D eigenvalue weighted by Gasteiger charge is -2.05. The number of hydrogen-bond donors (Lipinski definition) is 0. The molecule has 0 bridgehead atoms. The van der Waals surface area contributed by atoms with Crippen molar-refractivity contribution >= 4 is 0 Å². The van der Waals surface area contributed by atoms with E-state index in [1.54, 1.807) is 7.11 Å². The Bertz CT molecular complexity index is 325. The minimum atomic E-state index is 0.725. The molecule has 1 rings (SSSR count). The molecule has 0 fully saturated rings. The van der Waals surface area contributed by atoms with Gasteiger partial charge in [0, 0.05) is 20.1 Å². The lowest BCUT2D eigenvalue weighted by molar-refractivity contribution is 0.186. The van der Waals surface area contributed by atoms with E-state index < -0.39 is 0 Å². The highest BCUT2D eigenvalue weighted by Gasteiger charge is 2.03. The van der Waals surface area contributed by atoms with E-state index in [1.165, 1.54) is 57.8 Å². The van der Waals surface area contributed by atoms with Gasteiger partial charge in [-0.3, -0.25) is 0 Å². The van der Waals surface area contributed by atoms with E-state index in [0.29, 0.717) is 0 Å². The van der Waals surface area contributed by atoms with Crippen LogP contribution in [0, 0.1) is 0 Å². The Balaban J connectivity index is 1.99. The summed E-state index contributed by atoms with van der Waals surface area (Å²) in [5.41, 5.74) is 0. The van der Waals surface area contributed by atoms with Crippen LogP contribution in [0.1, 0.15) is 70.5 Å². The van der Waals surface area contributed by atoms with Gasteiger partial charge in [0.15, 0.2) is 0 Å². The van der Waals surface area contributed by atoms with Crippen LogP contribution in [0.4, 0.5) is 0 Å². The second kappa shape index (κ2) is 11.9. The molecule has 0 unspecified atom stereocenters. The van der Waals surface area contributed by atoms with Gasteiger partial charge in [0.2, 0.25) is 0 Å². The smallest absolute Gasteiger partial charge is 0.132 e. The van der Waals surface area contributed by atoms with Crippen molar-refractivity contribution < 1.29 is 4.74 Å². The molecule has 0 amide bonds. The molecule has 0 aliphatic rings. The number of nitrogens with zero attached hydrogens (tertiary/aromatic N) is 3. The van der Waals surface area contributed by atoms with Crippen LogP contribution in [-0.4, -0.2) is 28.5 Å². The van der Waals surface area contributed by atoms with Crippen molar-refractivity contribution in [2.45, 2.75) is 77.7 Å². The average molecular weight is 281 g/mol. The maximum Gasteiger partial charge on any atom is 0.132 e. The molecule has 0 radical (unpaired) electrons. The van der Waals surface area contributed by atoms with Gasteiger partial charge in [-0.2, -0.15) is 0 Å². The molecular weight excluding hydrogens is 250 g/mol. The Labute approximate surface area is 123 Å². The summed E-state index contributed by atoms with van der Waals surface area (Å²) in [5.74, 6) is 1.10. The Morgan fingerprint density at radius 2 is 1.65 bits per heavy atom. The minimum absolute atomic E-state index is 0.725. The zero-order valence-electron chi connectivity index (χ0n) is 13.3. The number of methoxy groups -OCH3 is 1. The predicted octanol–water partition coefficient (Wildman–Crippen LogP) is 4.00. The van der Waals surface area contributed by atoms with Gasteiger partial charge in [-0.1, -0.05) is 58.3 Å². The van der Waals surface area contributed by atoms with Crippen LogP contribution in [0.2, 0.25) is 0 Å². The number of ether oxygens (including phenoxy) is 1. The van der Waals surface area contributed by atoms with Gasteiger partial charge < -0.3 is 9.30 Å². The van der Waals surface area contributed by atoms with Crippen LogP contribution >= 0.6 is 0 Å². The van der Waals surface area contributed by atoms with Crippen molar-refractivity contribution in [1.82, 2.24) is 14.8 Å². The minimum Gasteiger partial charge on any atom is -0.383 e. The molecule has 116 valence electrons. The highest BCUT2D eigenvalue weighted by atomic mass is 16.5. The first kappa shape index (κ1) is 17.2. The fraction of sp³-hybridized carbons (Fsp3) is 0.875. The van der Waals surface area contributed by atoms with E-state index in [4.69, 9.17) is 4.74 Å². The van der Waals surface area contributed by atoms with Crippen molar-refractivity contribution in [3.63, 3.8) is 0 Å². The van der Waals surface area contributed by atoms with Crippen LogP contribution < -0.4 is 0 Å². The molecule has 20 heavy (non-hydrogen) atoms. The summed E-state index contributed by atoms with van der Waals surface area (Å²) in [6.45, 7) is 3.85. The molecule has 1 heterocycles. The summed E-state index contributed by atoms with van der Waals surface area (Å²) >= 11 is 0. The first-order valence-electron chi connectivity index (χ1n) is 8.24. The lowest BCUT2D eigenvalue weighted by atomic mass is 10.1. The van der Waals surface area contributed by atoms with Gasteiger partial charge >= 0.3 is 0 Å². The number of unbranched alkanes of at least 4 members (excludes halogenated alkanes) is 8. The van der Waals surface area contributed by atoms with Crippen molar-refractivity contribution in [3.05, 3.63) is 12.2 Å². The normalized spacial score (nSPS) is 11.1. The molecule has 0 saturated heterocycles. The van der Waals surface area contributed by atoms with Crippen LogP contribution in [0.25, 0.3) is 0 Å². The van der Waals surface area contributed by atoms with E-state index in [0.717, 1.165) is 25.4 Å². The summed E-state index contributed by atoms with van der Waals surface area (Å²) in [4.78, 5) is 0. The second-order valence-corrected chi connectivity index (χ2v) is 5.51. The average Bonchev–Trinajstić information content (AvgIpc) is 2.91. The number of hydrogen-bond acceptors (Lipinski definition) is 3. The Morgan fingerprint density at radius 3 is 2.30 bits per heavy atom. The summed E-state index contributed by atoms with van der Waals surface area (Å²) < 4.78 is 7.20. The van der Waals surface area contributed by atoms with E-state index >= 15 is 0 Å². The van der Waals surface area contributed by atoms with E-state index in [2.05, 4.69) is 21.7 Å². The number of aryl methyl sites for hydroxylation is 1. The third kappa shape index (κ3) is 7.63. The maximum atomic E-state index is 5.09. The number of rotatable bonds is 13. The Hall–Kier alpha value is -0.900. The molecule has 0 spiro atoms. The van der Waals surface area contributed by atoms with Gasteiger partial charge in [0.1, 0.15) is 12.2 Å². The van der Waals surface area contributed by atoms with Crippen molar-refractivity contribution in [2.24, 2.45) is 0 Å². The predicted molar refractivity (Wildman–Crippen MR) is 82.8 cm³/mol. The largest absolute Gasteiger partial charge is 0.383 e. The topological polar surface area (TPSA) is 39.9 Å². The van der Waals surface area contributed by atoms with Crippen LogP contribution in [0.15, 0.2) is 6.33 Å². The van der Waals surface area contributed by atoms with Crippen LogP contribution in [-0.2, 0) is 17.7 Å². The zero-order valence-corrected chi connectivity index (χ0v) is 13.3. The molecule has 1 aromatic rings. The molecular formula is C16H31N3O. The van der Waals surface area contributed by atoms with E-state index in [9.17, 15) is 0 Å². The highest BCUT2D eigenvalue weighted by molar-refractivity contribution is 4.85. The third-order valence-corrected chi connectivity index (χ3v) is 3.74. The van der Waals surface area contributed by atoms with Gasteiger partial charge in [-0.05, 0) is 6.42 Å². The van der Waals surface area contributed by atoms with E-state index in [1.807, 2.05) is 6.33 Å². The van der Waals surface area contributed by atoms with Gasteiger partial charge in [-0.25, -0.2) is 0 Å². The zero-order chi connectivity index (χ0) is 14.5. The molecule has 0 aliphatic carbocycles. The van der Waals surface area contributed by atoms with E-state index in [-0.39, 0.29) is 0 Å². The third-order valence-electron chi connectivity index (χ3n) is 3.74. The van der Waals surface area contributed by atoms with Gasteiger partial charge in [-0.15, -0.1) is 10.2 Å². The molecule has 0 saturated carbocycles. The summed E-state index contributed by atoms with van der Waals surface area (Å²) in [5, 5.41) is 8.18. The Morgan fingerprint density at radius 1 is 1.00 bits per heavy atom. The molecule has 0 aliphatic heterocycles. The fourth-order valence-electron chi connectivity index (χ4n) is 2.44. The molecule has 0 N–H and O–H groups in total. The SMILES string of the molecule is CCCCCCCCCCCc1nncn1CCOC. The quantitative estimate of drug-likeness (QED) is 0.513. The summed E-state index contributed by atoms with van der Waals surface area (Å²) in [7, 11) is 1.73. The van der Waals surface area contributed by atoms with Crippen LogP contribution in [0.3, 0.4) is 0 Å². The molecule has 4 nitrogen and oxygen atoms in total. The maximum absolute atomic E-state index is 5.09. The van der Waals surface area contributed by atoms with Gasteiger partial charge in [0.05, 0.1) is 6.61 Å². The van der Waals surface area contributed by atoms with Crippen molar-refractivity contribution in [1.29, 1.82) is 0 Å². The molecule has 0 atom stereocenters. The summed E-state index contributed by atoms with van der Waals surface area (Å²) in [6.07, 6.45) is 15.1. The first-order chi connectivity index (χ1) is 9.88. The van der Waals surface area contributed by atoms with Crippen molar-refractivity contribution in [3.8, 4) is 0 Å². The van der Waals surface area contributed by atoms with Crippen LogP contribution in [0.5, 0.6) is 0 Å². The second-order valence-electron chi connectivity index (χ2n) is 5.51. The molecule has 4 heteroatoms. The monoisotopic (exact) mass is 281 g/mol. The highest BCUT2D eigenvalue weighted by Crippen LogP contribution is 2.11. The summed E-state index contributed by atoms with van der Waals surface area (Å²) in [6, 6.07) is 0. The standard InChI is InChI=1S/C16H31N3O/c1-3-4-5-6-7-8-9-10-11-12-16-18-17-15-19(16)13-14-20-2/h15H,3-14H2,1-2H3. The lowest BCUT2D eigenvalue weighted by Crippen LogP contribution is -2.07. The fourth-order valence-corrected chi connectivity index (χ4v) is 2.44. The first-order valence-corrected chi connectivity index (χ1v) is 8.24. The molecule has 1 aromatic heterocycles. The number of aromatic nitrogens is 3. The Kier molecular flexibility index (Phi) is 10.2. The molecule has 0 aromatic carbocycles. The van der Waals surface area contributed by atoms with Crippen molar-refractivity contribution in [2.75, 3.05) is 13.7 Å². The van der Waals surface area contributed by atoms with Gasteiger partial charge in [0.25, 0.3) is 0 Å².